The van der Waals surface area contributed by atoms with E-state index in [9.17, 15) is 8.42 Å². The number of aryl methyl sites for hydroxylation is 1. The van der Waals surface area contributed by atoms with Crippen molar-refractivity contribution in [1.82, 2.24) is 4.90 Å². The molecular formula is C17H22N2O2S. The van der Waals surface area contributed by atoms with Crippen LogP contribution in [0, 0.1) is 6.92 Å². The number of hydrogen-bond donors (Lipinski definition) is 0. The molecule has 1 fully saturated rings. The molecule has 0 bridgehead atoms. The van der Waals surface area contributed by atoms with E-state index in [4.69, 9.17) is 0 Å². The third-order valence-electron chi connectivity index (χ3n) is 4.53. The van der Waals surface area contributed by atoms with Crippen LogP contribution in [0.3, 0.4) is 0 Å². The van der Waals surface area contributed by atoms with E-state index in [2.05, 4.69) is 16.2 Å². The van der Waals surface area contributed by atoms with Crippen LogP contribution in [0.15, 0.2) is 34.2 Å². The van der Waals surface area contributed by atoms with Crippen molar-refractivity contribution in [2.75, 3.05) is 6.54 Å². The summed E-state index contributed by atoms with van der Waals surface area (Å²) in [6.45, 7) is 6.89. The topological polar surface area (TPSA) is 49.7 Å². The Balaban J connectivity index is 2.05. The van der Waals surface area contributed by atoms with Crippen molar-refractivity contribution in [1.29, 1.82) is 0 Å². The van der Waals surface area contributed by atoms with Gasteiger partial charge in [-0.15, -0.1) is 4.40 Å². The number of piperidine rings is 1. The second-order valence-corrected chi connectivity index (χ2v) is 7.79. The fraction of sp³-hybridized carbons (Fsp3) is 0.471. The highest BCUT2D eigenvalue weighted by Crippen LogP contribution is 2.35. The maximum Gasteiger partial charge on any atom is 0.285 e. The van der Waals surface area contributed by atoms with Gasteiger partial charge in [-0.25, -0.2) is 0 Å². The van der Waals surface area contributed by atoms with Gasteiger partial charge in [-0.1, -0.05) is 29.8 Å². The van der Waals surface area contributed by atoms with Gasteiger partial charge in [0.1, 0.15) is 10.7 Å². The first-order valence-electron chi connectivity index (χ1n) is 7.80. The van der Waals surface area contributed by atoms with Crippen LogP contribution in [0.4, 0.5) is 0 Å². The number of benzene rings is 1. The number of amidine groups is 1. The predicted octanol–water partition coefficient (Wildman–Crippen LogP) is 3.34. The van der Waals surface area contributed by atoms with Crippen LogP contribution >= 0.6 is 0 Å². The van der Waals surface area contributed by atoms with E-state index in [1.54, 1.807) is 0 Å². The molecule has 0 spiro atoms. The van der Waals surface area contributed by atoms with E-state index < -0.39 is 10.0 Å². The van der Waals surface area contributed by atoms with E-state index in [-0.39, 0.29) is 0 Å². The molecule has 1 aromatic carbocycles. The van der Waals surface area contributed by atoms with E-state index in [0.717, 1.165) is 36.1 Å². The van der Waals surface area contributed by atoms with Crippen LogP contribution in [0.1, 0.15) is 44.2 Å². The number of sulfonamides is 1. The molecule has 4 nitrogen and oxygen atoms in total. The largest absolute Gasteiger partial charge is 0.353 e. The second-order valence-electron chi connectivity index (χ2n) is 6.25. The standard InChI is InChI=1S/C17H22N2O2S/c1-12-7-9-15(10-8-12)16-14(3)17(18-22(16,20)21)19-11-5-4-6-13(19)2/h7-10,13H,4-6,11H2,1-3H3/t13-/m1/s1. The molecule has 2 heterocycles. The Labute approximate surface area is 132 Å². The van der Waals surface area contributed by atoms with Crippen molar-refractivity contribution in [3.05, 3.63) is 41.0 Å². The van der Waals surface area contributed by atoms with Crippen molar-refractivity contribution in [2.45, 2.75) is 46.1 Å². The Morgan fingerprint density at radius 2 is 1.82 bits per heavy atom. The summed E-state index contributed by atoms with van der Waals surface area (Å²) in [6.07, 6.45) is 3.38. The Morgan fingerprint density at radius 3 is 2.45 bits per heavy atom. The van der Waals surface area contributed by atoms with Crippen molar-refractivity contribution in [3.63, 3.8) is 0 Å². The Hall–Kier alpha value is -1.62. The molecule has 22 heavy (non-hydrogen) atoms. The second kappa shape index (κ2) is 5.54. The van der Waals surface area contributed by atoms with Crippen molar-refractivity contribution in [3.8, 4) is 0 Å². The Kier molecular flexibility index (Phi) is 3.85. The van der Waals surface area contributed by atoms with Crippen LogP contribution in [-0.4, -0.2) is 31.7 Å². The number of hydrogen-bond acceptors (Lipinski definition) is 3. The van der Waals surface area contributed by atoms with Crippen molar-refractivity contribution < 1.29 is 8.42 Å². The minimum atomic E-state index is -3.60. The molecule has 3 rings (SSSR count). The highest BCUT2D eigenvalue weighted by Gasteiger charge is 2.35. The normalized spacial score (nSPS) is 24.6. The molecule has 0 unspecified atom stereocenters. The maximum absolute atomic E-state index is 12.5. The summed E-state index contributed by atoms with van der Waals surface area (Å²) < 4.78 is 29.2. The van der Waals surface area contributed by atoms with Crippen LogP contribution < -0.4 is 0 Å². The van der Waals surface area contributed by atoms with Gasteiger partial charge in [0, 0.05) is 18.2 Å². The summed E-state index contributed by atoms with van der Waals surface area (Å²) in [5.74, 6) is 0.641. The van der Waals surface area contributed by atoms with Crippen LogP contribution in [0.2, 0.25) is 0 Å². The van der Waals surface area contributed by atoms with Crippen molar-refractivity contribution in [2.24, 2.45) is 4.40 Å². The lowest BCUT2D eigenvalue weighted by Crippen LogP contribution is -2.42. The van der Waals surface area contributed by atoms with Crippen LogP contribution in [-0.2, 0) is 10.0 Å². The van der Waals surface area contributed by atoms with E-state index >= 15 is 0 Å². The predicted molar refractivity (Wildman–Crippen MR) is 90.1 cm³/mol. The first kappa shape index (κ1) is 15.3. The van der Waals surface area contributed by atoms with Gasteiger partial charge >= 0.3 is 0 Å². The molecule has 0 amide bonds. The molecule has 0 saturated carbocycles. The van der Waals surface area contributed by atoms with Gasteiger partial charge in [0.15, 0.2) is 0 Å². The van der Waals surface area contributed by atoms with Crippen molar-refractivity contribution >= 4 is 20.8 Å². The zero-order valence-corrected chi connectivity index (χ0v) is 14.2. The highest BCUT2D eigenvalue weighted by molar-refractivity contribution is 8.00. The zero-order valence-electron chi connectivity index (χ0n) is 13.3. The Bertz CT molecular complexity index is 745. The number of nitrogens with zero attached hydrogens (tertiary/aromatic N) is 2. The Morgan fingerprint density at radius 1 is 1.14 bits per heavy atom. The smallest absolute Gasteiger partial charge is 0.285 e. The maximum atomic E-state index is 12.5. The molecule has 0 radical (unpaired) electrons. The SMILES string of the molecule is CC1=C(c2ccc(C)cc2)S(=O)(=O)N=C1N1CCCC[C@H]1C. The minimum Gasteiger partial charge on any atom is -0.353 e. The lowest BCUT2D eigenvalue weighted by molar-refractivity contribution is 0.259. The van der Waals surface area contributed by atoms with E-state index in [0.29, 0.717) is 16.8 Å². The molecule has 0 aliphatic carbocycles. The van der Waals surface area contributed by atoms with E-state index in [1.807, 2.05) is 38.1 Å². The lowest BCUT2D eigenvalue weighted by Gasteiger charge is -2.35. The third kappa shape index (κ3) is 2.58. The van der Waals surface area contributed by atoms with Crippen LogP contribution in [0.25, 0.3) is 4.91 Å². The van der Waals surface area contributed by atoms with Gasteiger partial charge in [0.05, 0.1) is 0 Å². The summed E-state index contributed by atoms with van der Waals surface area (Å²) in [5, 5.41) is 0. The summed E-state index contributed by atoms with van der Waals surface area (Å²) >= 11 is 0. The van der Waals surface area contributed by atoms with Gasteiger partial charge in [-0.2, -0.15) is 8.42 Å². The molecule has 0 N–H and O–H groups in total. The summed E-state index contributed by atoms with van der Waals surface area (Å²) in [5.41, 5.74) is 2.62. The van der Waals surface area contributed by atoms with Gasteiger partial charge in [-0.05, 0) is 45.6 Å². The number of likely N-dealkylation sites (tertiary alicyclic amines) is 1. The van der Waals surface area contributed by atoms with Gasteiger partial charge in [0.25, 0.3) is 10.0 Å². The van der Waals surface area contributed by atoms with Gasteiger partial charge in [0.2, 0.25) is 0 Å². The van der Waals surface area contributed by atoms with E-state index in [1.165, 1.54) is 6.42 Å². The average Bonchev–Trinajstić information content (AvgIpc) is 2.71. The summed E-state index contributed by atoms with van der Waals surface area (Å²) in [7, 11) is -3.60. The first-order valence-corrected chi connectivity index (χ1v) is 9.24. The average molecular weight is 318 g/mol. The zero-order chi connectivity index (χ0) is 15.9. The fourth-order valence-electron chi connectivity index (χ4n) is 3.27. The quantitative estimate of drug-likeness (QED) is 0.798. The van der Waals surface area contributed by atoms with Crippen LogP contribution in [0.5, 0.6) is 0 Å². The molecule has 0 aromatic heterocycles. The first-order chi connectivity index (χ1) is 10.4. The molecule has 2 aliphatic heterocycles. The number of rotatable bonds is 1. The summed E-state index contributed by atoms with van der Waals surface area (Å²) in [6, 6.07) is 7.95. The molecule has 1 aromatic rings. The highest BCUT2D eigenvalue weighted by atomic mass is 32.2. The monoisotopic (exact) mass is 318 g/mol. The van der Waals surface area contributed by atoms with Gasteiger partial charge < -0.3 is 4.90 Å². The fourth-order valence-corrected chi connectivity index (χ4v) is 4.75. The minimum absolute atomic E-state index is 0.343. The van der Waals surface area contributed by atoms with Gasteiger partial charge in [-0.3, -0.25) is 0 Å². The third-order valence-corrected chi connectivity index (χ3v) is 6.00. The molecule has 118 valence electrons. The summed E-state index contributed by atoms with van der Waals surface area (Å²) in [4.78, 5) is 2.51. The lowest BCUT2D eigenvalue weighted by atomic mass is 10.0. The molecule has 2 aliphatic rings. The molecular weight excluding hydrogens is 296 g/mol. The molecule has 5 heteroatoms. The molecule has 1 saturated heterocycles. The molecule has 1 atom stereocenters.